The van der Waals surface area contributed by atoms with Gasteiger partial charge in [-0.25, -0.2) is 4.39 Å². The van der Waals surface area contributed by atoms with Crippen LogP contribution >= 0.6 is 0 Å². The SMILES string of the molecule is Cc1ccc(F)cc1NC(=O)C12C[C@H]3C[C@H](C1)CC(n1cnc([N+](=O)[O-])n1)(C3)C2. The molecule has 6 rings (SSSR count). The Morgan fingerprint density at radius 3 is 2.69 bits per heavy atom. The quantitative estimate of drug-likeness (QED) is 0.625. The Hall–Kier alpha value is -2.84. The van der Waals surface area contributed by atoms with Gasteiger partial charge in [-0.3, -0.25) is 4.79 Å². The van der Waals surface area contributed by atoms with Crippen LogP contribution in [0, 0.1) is 40.1 Å². The van der Waals surface area contributed by atoms with E-state index in [4.69, 9.17) is 0 Å². The van der Waals surface area contributed by atoms with Crippen molar-refractivity contribution in [2.75, 3.05) is 5.32 Å². The Labute approximate surface area is 166 Å². The van der Waals surface area contributed by atoms with Crippen molar-refractivity contribution in [3.05, 3.63) is 46.0 Å². The highest BCUT2D eigenvalue weighted by Crippen LogP contribution is 2.64. The van der Waals surface area contributed by atoms with Crippen molar-refractivity contribution in [3.8, 4) is 0 Å². The summed E-state index contributed by atoms with van der Waals surface area (Å²) in [5.74, 6) is -0.130. The Kier molecular flexibility index (Phi) is 3.81. The first-order valence-electron chi connectivity index (χ1n) is 9.93. The molecule has 0 radical (unpaired) electrons. The summed E-state index contributed by atoms with van der Waals surface area (Å²) in [5.41, 5.74) is 0.325. The molecule has 4 bridgehead atoms. The molecule has 152 valence electrons. The molecular formula is C20H22FN5O3. The van der Waals surface area contributed by atoms with E-state index < -0.39 is 21.8 Å². The van der Waals surface area contributed by atoms with E-state index in [1.54, 1.807) is 10.7 Å². The van der Waals surface area contributed by atoms with Gasteiger partial charge in [0.15, 0.2) is 0 Å². The van der Waals surface area contributed by atoms with Crippen LogP contribution in [-0.4, -0.2) is 25.6 Å². The summed E-state index contributed by atoms with van der Waals surface area (Å²) in [6.07, 6.45) is 6.40. The number of carbonyl (C=O) groups is 1. The van der Waals surface area contributed by atoms with Crippen molar-refractivity contribution in [2.24, 2.45) is 17.3 Å². The fourth-order valence-electron chi connectivity index (χ4n) is 6.30. The first-order valence-corrected chi connectivity index (χ1v) is 9.93. The second-order valence-corrected chi connectivity index (χ2v) is 9.13. The smallest absolute Gasteiger partial charge is 0.390 e. The molecule has 2 atom stereocenters. The first kappa shape index (κ1) is 18.2. The number of nitro groups is 1. The summed E-state index contributed by atoms with van der Waals surface area (Å²) in [5, 5.41) is 18.1. The predicted octanol–water partition coefficient (Wildman–Crippen LogP) is 3.57. The van der Waals surface area contributed by atoms with Crippen LogP contribution in [0.2, 0.25) is 0 Å². The Bertz CT molecular complexity index is 1010. The third kappa shape index (κ3) is 2.82. The summed E-state index contributed by atoms with van der Waals surface area (Å²) >= 11 is 0. The van der Waals surface area contributed by atoms with E-state index in [0.717, 1.165) is 37.7 Å². The predicted molar refractivity (Wildman–Crippen MR) is 102 cm³/mol. The third-order valence-electron chi connectivity index (χ3n) is 7.09. The minimum Gasteiger partial charge on any atom is -0.390 e. The number of hydrogen-bond acceptors (Lipinski definition) is 5. The minimum atomic E-state index is -0.591. The number of carbonyl (C=O) groups excluding carboxylic acids is 1. The summed E-state index contributed by atoms with van der Waals surface area (Å²) in [6, 6.07) is 4.38. The van der Waals surface area contributed by atoms with Gasteiger partial charge in [-0.2, -0.15) is 4.68 Å². The molecular weight excluding hydrogens is 377 g/mol. The number of benzene rings is 1. The van der Waals surface area contributed by atoms with Gasteiger partial charge in [0, 0.05) is 10.8 Å². The molecule has 9 heteroatoms. The number of nitrogens with one attached hydrogen (secondary N) is 1. The second-order valence-electron chi connectivity index (χ2n) is 9.13. The molecule has 1 heterocycles. The number of hydrogen-bond donors (Lipinski definition) is 1. The van der Waals surface area contributed by atoms with Gasteiger partial charge in [-0.1, -0.05) is 11.1 Å². The number of nitrogens with zero attached hydrogens (tertiary/aromatic N) is 4. The van der Waals surface area contributed by atoms with Crippen molar-refractivity contribution in [1.29, 1.82) is 0 Å². The average Bonchev–Trinajstić information content (AvgIpc) is 3.15. The maximum Gasteiger partial charge on any atom is 0.490 e. The number of amides is 1. The minimum absolute atomic E-state index is 0.0840. The summed E-state index contributed by atoms with van der Waals surface area (Å²) < 4.78 is 15.3. The molecule has 0 unspecified atom stereocenters. The topological polar surface area (TPSA) is 103 Å². The fraction of sp³-hybridized carbons (Fsp3) is 0.550. The van der Waals surface area contributed by atoms with Crippen LogP contribution in [0.4, 0.5) is 16.0 Å². The lowest BCUT2D eigenvalue weighted by Crippen LogP contribution is -2.60. The molecule has 0 saturated heterocycles. The lowest BCUT2D eigenvalue weighted by atomic mass is 9.46. The lowest BCUT2D eigenvalue weighted by molar-refractivity contribution is -0.394. The molecule has 1 aromatic carbocycles. The zero-order chi connectivity index (χ0) is 20.4. The van der Waals surface area contributed by atoms with Crippen LogP contribution in [0.25, 0.3) is 0 Å². The van der Waals surface area contributed by atoms with Crippen molar-refractivity contribution in [2.45, 2.75) is 51.0 Å². The van der Waals surface area contributed by atoms with Crippen LogP contribution < -0.4 is 5.32 Å². The normalized spacial score (nSPS) is 32.3. The van der Waals surface area contributed by atoms with Crippen LogP contribution in [0.15, 0.2) is 24.5 Å². The largest absolute Gasteiger partial charge is 0.490 e. The molecule has 4 aliphatic rings. The number of aromatic nitrogens is 3. The standard InChI is InChI=1S/C20H22FN5O3/c1-12-2-3-15(21)5-16(12)23-17(27)19-6-13-4-14(7-19)9-20(8-13,10-19)25-11-22-18(24-25)26(28)29/h2-3,5,11,13-14H,4,6-10H2,1H3,(H,23,27)/t13-,14-,19?,20?/m1/s1. The molecule has 0 aliphatic heterocycles. The highest BCUT2D eigenvalue weighted by molar-refractivity contribution is 5.96. The summed E-state index contributed by atoms with van der Waals surface area (Å²) in [4.78, 5) is 27.7. The van der Waals surface area contributed by atoms with E-state index in [2.05, 4.69) is 15.4 Å². The molecule has 4 fully saturated rings. The summed E-state index contributed by atoms with van der Waals surface area (Å²) in [6.45, 7) is 1.84. The van der Waals surface area contributed by atoms with Gasteiger partial charge >= 0.3 is 5.95 Å². The molecule has 4 aliphatic carbocycles. The first-order chi connectivity index (χ1) is 13.8. The van der Waals surface area contributed by atoms with Gasteiger partial charge in [0.2, 0.25) is 12.2 Å². The van der Waals surface area contributed by atoms with Gasteiger partial charge in [0.05, 0.1) is 11.0 Å². The molecule has 8 nitrogen and oxygen atoms in total. The zero-order valence-corrected chi connectivity index (χ0v) is 16.1. The molecule has 1 N–H and O–H groups in total. The number of halogens is 1. The van der Waals surface area contributed by atoms with Crippen molar-refractivity contribution in [1.82, 2.24) is 14.8 Å². The Morgan fingerprint density at radius 1 is 1.31 bits per heavy atom. The van der Waals surface area contributed by atoms with Crippen LogP contribution in [0.5, 0.6) is 0 Å². The number of rotatable bonds is 4. The lowest BCUT2D eigenvalue weighted by Gasteiger charge is -2.60. The molecule has 29 heavy (non-hydrogen) atoms. The third-order valence-corrected chi connectivity index (χ3v) is 7.09. The molecule has 4 saturated carbocycles. The van der Waals surface area contributed by atoms with E-state index in [9.17, 15) is 19.3 Å². The van der Waals surface area contributed by atoms with Gasteiger partial charge in [0.25, 0.3) is 0 Å². The van der Waals surface area contributed by atoms with E-state index >= 15 is 0 Å². The van der Waals surface area contributed by atoms with Gasteiger partial charge in [-0.15, -0.1) is 0 Å². The molecule has 0 spiro atoms. The van der Waals surface area contributed by atoms with E-state index in [0.29, 0.717) is 23.9 Å². The van der Waals surface area contributed by atoms with E-state index in [-0.39, 0.29) is 11.7 Å². The van der Waals surface area contributed by atoms with Crippen molar-refractivity contribution in [3.63, 3.8) is 0 Å². The number of aryl methyl sites for hydroxylation is 1. The van der Waals surface area contributed by atoms with Crippen LogP contribution in [-0.2, 0) is 10.3 Å². The second kappa shape index (κ2) is 6.08. The average molecular weight is 399 g/mol. The highest BCUT2D eigenvalue weighted by atomic mass is 19.1. The van der Waals surface area contributed by atoms with Gasteiger partial charge < -0.3 is 15.4 Å². The van der Waals surface area contributed by atoms with Gasteiger partial charge in [0.1, 0.15) is 5.82 Å². The molecule has 1 amide bonds. The maximum atomic E-state index is 13.7. The Morgan fingerprint density at radius 2 is 2.03 bits per heavy atom. The zero-order valence-electron chi connectivity index (χ0n) is 16.1. The highest BCUT2D eigenvalue weighted by Gasteiger charge is 2.62. The maximum absolute atomic E-state index is 13.7. The van der Waals surface area contributed by atoms with Crippen LogP contribution in [0.3, 0.4) is 0 Å². The molecule has 2 aromatic rings. The monoisotopic (exact) mass is 399 g/mol. The van der Waals surface area contributed by atoms with Crippen molar-refractivity contribution < 1.29 is 14.1 Å². The van der Waals surface area contributed by atoms with Crippen molar-refractivity contribution >= 4 is 17.5 Å². The van der Waals surface area contributed by atoms with E-state index in [1.165, 1.54) is 18.5 Å². The fourth-order valence-corrected chi connectivity index (χ4v) is 6.30. The van der Waals surface area contributed by atoms with Crippen LogP contribution in [0.1, 0.15) is 44.1 Å². The molecule has 1 aromatic heterocycles. The Balaban J connectivity index is 1.48. The number of anilines is 1. The van der Waals surface area contributed by atoms with Gasteiger partial charge in [-0.05, 0) is 79.9 Å². The summed E-state index contributed by atoms with van der Waals surface area (Å²) in [7, 11) is 0. The van der Waals surface area contributed by atoms with E-state index in [1.807, 2.05) is 6.92 Å².